The second-order valence-corrected chi connectivity index (χ2v) is 5.58. The predicted octanol–water partition coefficient (Wildman–Crippen LogP) is 1.92. The minimum Gasteiger partial charge on any atom is -0.210 e. The van der Waals surface area contributed by atoms with Crippen LogP contribution in [0, 0.1) is 23.1 Å². The van der Waals surface area contributed by atoms with Crippen LogP contribution in [-0.4, -0.2) is 15.0 Å². The number of benzene rings is 1. The Hall–Kier alpha value is -1.16. The first kappa shape index (κ1) is 13.9. The van der Waals surface area contributed by atoms with Crippen molar-refractivity contribution in [2.75, 3.05) is 6.54 Å². The molecule has 0 saturated heterocycles. The Morgan fingerprint density at radius 3 is 2.82 bits per heavy atom. The maximum absolute atomic E-state index is 13.5. The van der Waals surface area contributed by atoms with Crippen LogP contribution in [-0.2, 0) is 10.0 Å². The van der Waals surface area contributed by atoms with E-state index in [-0.39, 0.29) is 11.6 Å². The summed E-state index contributed by atoms with van der Waals surface area (Å²) in [6.07, 6.45) is 0. The van der Waals surface area contributed by atoms with E-state index in [4.69, 9.17) is 16.9 Å². The summed E-state index contributed by atoms with van der Waals surface area (Å²) in [5.74, 6) is -1.49. The van der Waals surface area contributed by atoms with E-state index < -0.39 is 26.7 Å². The highest BCUT2D eigenvalue weighted by Crippen LogP contribution is 2.21. The second-order valence-electron chi connectivity index (χ2n) is 3.43. The molecule has 0 heterocycles. The highest BCUT2D eigenvalue weighted by Gasteiger charge is 2.20. The maximum atomic E-state index is 13.5. The molecule has 17 heavy (non-hydrogen) atoms. The van der Waals surface area contributed by atoms with Crippen molar-refractivity contribution >= 4 is 21.6 Å². The number of halogens is 2. The smallest absolute Gasteiger partial charge is 0.210 e. The molecule has 1 atom stereocenters. The largest absolute Gasteiger partial charge is 0.243 e. The first-order chi connectivity index (χ1) is 7.88. The average molecular weight is 277 g/mol. The average Bonchev–Trinajstić information content (AvgIpc) is 2.29. The van der Waals surface area contributed by atoms with Crippen LogP contribution in [0.2, 0.25) is 5.02 Å². The van der Waals surface area contributed by atoms with Gasteiger partial charge in [0, 0.05) is 6.54 Å². The first-order valence-electron chi connectivity index (χ1n) is 4.71. The standard InChI is InChI=1S/C10H10ClFN2O2S/c1-7(5-13)6-14-17(15,16)9-4-2-3-8(11)10(9)12/h2-4,7,14H,6H2,1H3/t7-/m1/s1. The zero-order chi connectivity index (χ0) is 13.1. The molecule has 0 bridgehead atoms. The van der Waals surface area contributed by atoms with Crippen molar-refractivity contribution in [3.63, 3.8) is 0 Å². The lowest BCUT2D eigenvalue weighted by Crippen LogP contribution is -2.28. The van der Waals surface area contributed by atoms with Gasteiger partial charge in [0.2, 0.25) is 10.0 Å². The van der Waals surface area contributed by atoms with E-state index in [1.165, 1.54) is 12.1 Å². The molecule has 92 valence electrons. The molecular weight excluding hydrogens is 267 g/mol. The molecular formula is C10H10ClFN2O2S. The van der Waals surface area contributed by atoms with Gasteiger partial charge < -0.3 is 0 Å². The maximum Gasteiger partial charge on any atom is 0.243 e. The van der Waals surface area contributed by atoms with Crippen molar-refractivity contribution in [1.29, 1.82) is 5.26 Å². The number of nitriles is 1. The normalized spacial score (nSPS) is 13.1. The minimum absolute atomic E-state index is 0.0786. The monoisotopic (exact) mass is 276 g/mol. The van der Waals surface area contributed by atoms with Crippen molar-refractivity contribution in [2.24, 2.45) is 5.92 Å². The fraction of sp³-hybridized carbons (Fsp3) is 0.300. The number of nitrogens with one attached hydrogen (secondary N) is 1. The number of hydrogen-bond acceptors (Lipinski definition) is 3. The van der Waals surface area contributed by atoms with Crippen molar-refractivity contribution < 1.29 is 12.8 Å². The lowest BCUT2D eigenvalue weighted by atomic mass is 10.2. The van der Waals surface area contributed by atoms with Gasteiger partial charge in [-0.3, -0.25) is 0 Å². The summed E-state index contributed by atoms with van der Waals surface area (Å²) in [5, 5.41) is 8.26. The van der Waals surface area contributed by atoms with Crippen LogP contribution in [0.15, 0.2) is 23.1 Å². The van der Waals surface area contributed by atoms with Gasteiger partial charge in [0.1, 0.15) is 4.90 Å². The third kappa shape index (κ3) is 3.40. The van der Waals surface area contributed by atoms with Crippen LogP contribution in [0.1, 0.15) is 6.92 Å². The summed E-state index contributed by atoms with van der Waals surface area (Å²) in [5.41, 5.74) is 0. The molecule has 1 N–H and O–H groups in total. The summed E-state index contributed by atoms with van der Waals surface area (Å²) >= 11 is 5.49. The van der Waals surface area contributed by atoms with Crippen LogP contribution >= 0.6 is 11.6 Å². The van der Waals surface area contributed by atoms with Gasteiger partial charge in [0.25, 0.3) is 0 Å². The zero-order valence-corrected chi connectivity index (χ0v) is 10.5. The third-order valence-electron chi connectivity index (χ3n) is 2.01. The summed E-state index contributed by atoms with van der Waals surface area (Å²) in [6, 6.07) is 5.58. The first-order valence-corrected chi connectivity index (χ1v) is 6.58. The molecule has 0 saturated carbocycles. The molecule has 0 aliphatic rings. The number of rotatable bonds is 4. The lowest BCUT2D eigenvalue weighted by molar-refractivity contribution is 0.551. The van der Waals surface area contributed by atoms with Gasteiger partial charge in [-0.1, -0.05) is 17.7 Å². The van der Waals surface area contributed by atoms with Gasteiger partial charge in [0.15, 0.2) is 5.82 Å². The van der Waals surface area contributed by atoms with Gasteiger partial charge in [-0.15, -0.1) is 0 Å². The molecule has 0 aromatic heterocycles. The number of sulfonamides is 1. The molecule has 0 unspecified atom stereocenters. The molecule has 0 aliphatic heterocycles. The van der Waals surface area contributed by atoms with Crippen molar-refractivity contribution in [3.8, 4) is 6.07 Å². The highest BCUT2D eigenvalue weighted by atomic mass is 35.5. The Morgan fingerprint density at radius 2 is 2.24 bits per heavy atom. The highest BCUT2D eigenvalue weighted by molar-refractivity contribution is 7.89. The minimum atomic E-state index is -3.98. The number of hydrogen-bond donors (Lipinski definition) is 1. The van der Waals surface area contributed by atoms with Gasteiger partial charge >= 0.3 is 0 Å². The fourth-order valence-electron chi connectivity index (χ4n) is 1.05. The van der Waals surface area contributed by atoms with Crippen LogP contribution < -0.4 is 4.72 Å². The van der Waals surface area contributed by atoms with Crippen LogP contribution in [0.25, 0.3) is 0 Å². The van der Waals surface area contributed by atoms with Crippen molar-refractivity contribution in [2.45, 2.75) is 11.8 Å². The molecule has 7 heteroatoms. The predicted molar refractivity (Wildman–Crippen MR) is 61.4 cm³/mol. The van der Waals surface area contributed by atoms with Crippen LogP contribution in [0.3, 0.4) is 0 Å². The van der Waals surface area contributed by atoms with Crippen LogP contribution in [0.5, 0.6) is 0 Å². The Morgan fingerprint density at radius 1 is 1.59 bits per heavy atom. The van der Waals surface area contributed by atoms with E-state index in [9.17, 15) is 12.8 Å². The van der Waals surface area contributed by atoms with Crippen LogP contribution in [0.4, 0.5) is 4.39 Å². The molecule has 1 aromatic carbocycles. The quantitative estimate of drug-likeness (QED) is 0.913. The third-order valence-corrected chi connectivity index (χ3v) is 3.74. The molecule has 0 aliphatic carbocycles. The molecule has 0 fully saturated rings. The number of nitrogens with zero attached hydrogens (tertiary/aromatic N) is 1. The zero-order valence-electron chi connectivity index (χ0n) is 8.94. The second kappa shape index (κ2) is 5.45. The van der Waals surface area contributed by atoms with Crippen molar-refractivity contribution in [1.82, 2.24) is 4.72 Å². The topological polar surface area (TPSA) is 70.0 Å². The molecule has 0 amide bonds. The van der Waals surface area contributed by atoms with Gasteiger partial charge in [0.05, 0.1) is 17.0 Å². The summed E-state index contributed by atoms with van der Waals surface area (Å²) in [7, 11) is -3.98. The van der Waals surface area contributed by atoms with Gasteiger partial charge in [-0.25, -0.2) is 17.5 Å². The Kier molecular flexibility index (Phi) is 4.46. The molecule has 4 nitrogen and oxygen atoms in total. The SMILES string of the molecule is C[C@H](C#N)CNS(=O)(=O)c1cccc(Cl)c1F. The lowest BCUT2D eigenvalue weighted by Gasteiger charge is -2.08. The Balaban J connectivity index is 2.99. The van der Waals surface area contributed by atoms with E-state index in [0.29, 0.717) is 0 Å². The van der Waals surface area contributed by atoms with Gasteiger partial charge in [-0.05, 0) is 19.1 Å². The Bertz CT molecular complexity index is 554. The Labute approximate surface area is 104 Å². The van der Waals surface area contributed by atoms with E-state index >= 15 is 0 Å². The van der Waals surface area contributed by atoms with E-state index in [2.05, 4.69) is 4.72 Å². The van der Waals surface area contributed by atoms with Crippen molar-refractivity contribution in [3.05, 3.63) is 29.0 Å². The molecule has 1 rings (SSSR count). The summed E-state index contributed by atoms with van der Waals surface area (Å²) < 4.78 is 39.0. The molecule has 1 aromatic rings. The van der Waals surface area contributed by atoms with E-state index in [1.54, 1.807) is 6.92 Å². The van der Waals surface area contributed by atoms with E-state index in [1.807, 2.05) is 6.07 Å². The fourth-order valence-corrected chi connectivity index (χ4v) is 2.51. The molecule has 0 radical (unpaired) electrons. The summed E-state index contributed by atoms with van der Waals surface area (Å²) in [6.45, 7) is 1.47. The summed E-state index contributed by atoms with van der Waals surface area (Å²) in [4.78, 5) is -0.518. The van der Waals surface area contributed by atoms with E-state index in [0.717, 1.165) is 6.07 Å². The van der Waals surface area contributed by atoms with Gasteiger partial charge in [-0.2, -0.15) is 5.26 Å². The molecule has 0 spiro atoms.